The van der Waals surface area contributed by atoms with E-state index in [2.05, 4.69) is 45.4 Å². The van der Waals surface area contributed by atoms with E-state index in [-0.39, 0.29) is 5.56 Å². The predicted octanol–water partition coefficient (Wildman–Crippen LogP) is 6.19. The number of ether oxygens (including phenoxy) is 1. The van der Waals surface area contributed by atoms with Crippen LogP contribution in [-0.2, 0) is 13.1 Å². The SMILES string of the molecule is COc1cc(C(=O)O)ccc1NSN1Cc2nc(C3=CCC(c4ccccc4)CC3)sc2C1. The number of nitrogens with one attached hydrogen (secondary N) is 1. The Bertz CT molecular complexity index is 1170. The number of aromatic nitrogens is 1. The van der Waals surface area contributed by atoms with E-state index in [1.807, 2.05) is 11.3 Å². The molecular formula is C25H25N3O3S2. The van der Waals surface area contributed by atoms with Crippen molar-refractivity contribution in [3.8, 4) is 5.75 Å². The quantitative estimate of drug-likeness (QED) is 0.391. The Labute approximate surface area is 201 Å². The van der Waals surface area contributed by atoms with E-state index in [4.69, 9.17) is 14.8 Å². The summed E-state index contributed by atoms with van der Waals surface area (Å²) in [6, 6.07) is 15.6. The number of anilines is 1. The molecule has 0 radical (unpaired) electrons. The Balaban J connectivity index is 1.18. The zero-order valence-corrected chi connectivity index (χ0v) is 19.9. The summed E-state index contributed by atoms with van der Waals surface area (Å²) in [5.74, 6) is 0.151. The Kier molecular flexibility index (Phi) is 6.39. The van der Waals surface area contributed by atoms with E-state index in [9.17, 15) is 4.79 Å². The van der Waals surface area contributed by atoms with Crippen molar-refractivity contribution in [2.45, 2.75) is 38.3 Å². The second kappa shape index (κ2) is 9.59. The number of carboxylic acids is 1. The van der Waals surface area contributed by atoms with Crippen molar-refractivity contribution in [2.75, 3.05) is 11.8 Å². The van der Waals surface area contributed by atoms with E-state index >= 15 is 0 Å². The first-order valence-corrected chi connectivity index (χ1v) is 12.5. The van der Waals surface area contributed by atoms with Crippen molar-refractivity contribution in [3.63, 3.8) is 0 Å². The molecule has 0 spiro atoms. The molecule has 3 aromatic rings. The molecule has 5 rings (SSSR count). The van der Waals surface area contributed by atoms with Gasteiger partial charge in [-0.3, -0.25) is 0 Å². The first kappa shape index (κ1) is 22.0. The molecule has 1 aromatic heterocycles. The number of carbonyl (C=O) groups is 1. The molecule has 2 aliphatic rings. The van der Waals surface area contributed by atoms with Crippen LogP contribution >= 0.6 is 23.5 Å². The van der Waals surface area contributed by atoms with Gasteiger partial charge in [0.2, 0.25) is 0 Å². The number of fused-ring (bicyclic) bond motifs is 1. The lowest BCUT2D eigenvalue weighted by atomic mass is 9.85. The van der Waals surface area contributed by atoms with Gasteiger partial charge in [0.1, 0.15) is 10.8 Å². The maximum Gasteiger partial charge on any atom is 0.335 e. The van der Waals surface area contributed by atoms with Crippen LogP contribution in [0.3, 0.4) is 0 Å². The van der Waals surface area contributed by atoms with Gasteiger partial charge < -0.3 is 14.6 Å². The predicted molar refractivity (Wildman–Crippen MR) is 134 cm³/mol. The largest absolute Gasteiger partial charge is 0.495 e. The lowest BCUT2D eigenvalue weighted by Crippen LogP contribution is -2.11. The van der Waals surface area contributed by atoms with Crippen LogP contribution in [0.25, 0.3) is 5.57 Å². The number of benzene rings is 2. The second-order valence-electron chi connectivity index (χ2n) is 8.21. The van der Waals surface area contributed by atoms with Crippen LogP contribution in [0, 0.1) is 0 Å². The topological polar surface area (TPSA) is 74.7 Å². The fraction of sp³-hybridized carbons (Fsp3) is 0.280. The molecule has 0 amide bonds. The fourth-order valence-corrected chi connectivity index (χ4v) is 6.31. The molecule has 1 unspecified atom stereocenters. The van der Waals surface area contributed by atoms with Crippen LogP contribution < -0.4 is 9.46 Å². The lowest BCUT2D eigenvalue weighted by Gasteiger charge is -2.21. The van der Waals surface area contributed by atoms with Gasteiger partial charge in [0.15, 0.2) is 0 Å². The monoisotopic (exact) mass is 479 g/mol. The van der Waals surface area contributed by atoms with Gasteiger partial charge in [-0.2, -0.15) is 0 Å². The summed E-state index contributed by atoms with van der Waals surface area (Å²) in [6.45, 7) is 1.61. The third kappa shape index (κ3) is 4.78. The molecule has 33 heavy (non-hydrogen) atoms. The van der Waals surface area contributed by atoms with Crippen molar-refractivity contribution in [1.29, 1.82) is 0 Å². The smallest absolute Gasteiger partial charge is 0.335 e. The van der Waals surface area contributed by atoms with Crippen LogP contribution in [0.2, 0.25) is 0 Å². The zero-order valence-electron chi connectivity index (χ0n) is 18.3. The molecule has 0 saturated carbocycles. The number of nitrogens with zero attached hydrogens (tertiary/aromatic N) is 2. The molecule has 2 heterocycles. The summed E-state index contributed by atoms with van der Waals surface area (Å²) in [5, 5.41) is 10.3. The van der Waals surface area contributed by atoms with Crippen LogP contribution in [-0.4, -0.2) is 27.5 Å². The summed E-state index contributed by atoms with van der Waals surface area (Å²) in [5.41, 5.74) is 4.93. The molecule has 8 heteroatoms. The highest BCUT2D eigenvalue weighted by Gasteiger charge is 2.27. The third-order valence-electron chi connectivity index (χ3n) is 6.11. The van der Waals surface area contributed by atoms with E-state index in [1.165, 1.54) is 52.8 Å². The third-order valence-corrected chi connectivity index (χ3v) is 8.10. The highest BCUT2D eigenvalue weighted by Crippen LogP contribution is 2.40. The lowest BCUT2D eigenvalue weighted by molar-refractivity contribution is 0.0696. The van der Waals surface area contributed by atoms with Gasteiger partial charge in [0, 0.05) is 23.6 Å². The molecule has 2 aromatic carbocycles. The first-order valence-electron chi connectivity index (χ1n) is 10.9. The minimum atomic E-state index is -0.970. The number of allylic oxidation sites excluding steroid dienone is 2. The molecule has 2 N–H and O–H groups in total. The summed E-state index contributed by atoms with van der Waals surface area (Å²) >= 11 is 3.30. The Morgan fingerprint density at radius 3 is 2.79 bits per heavy atom. The van der Waals surface area contributed by atoms with E-state index in [0.717, 1.165) is 37.3 Å². The number of methoxy groups -OCH3 is 1. The van der Waals surface area contributed by atoms with Crippen molar-refractivity contribution in [1.82, 2.24) is 9.29 Å². The second-order valence-corrected chi connectivity index (χ2v) is 10.2. The Morgan fingerprint density at radius 2 is 2.09 bits per heavy atom. The summed E-state index contributed by atoms with van der Waals surface area (Å²) in [6.07, 6.45) is 5.72. The number of carboxylic acid groups (broad SMARTS) is 1. The van der Waals surface area contributed by atoms with Gasteiger partial charge in [-0.15, -0.1) is 11.3 Å². The molecule has 0 saturated heterocycles. The summed E-state index contributed by atoms with van der Waals surface area (Å²) in [7, 11) is 1.54. The summed E-state index contributed by atoms with van der Waals surface area (Å²) in [4.78, 5) is 17.4. The van der Waals surface area contributed by atoms with Gasteiger partial charge in [0.25, 0.3) is 0 Å². The van der Waals surface area contributed by atoms with Crippen LogP contribution in [0.1, 0.15) is 56.7 Å². The maximum atomic E-state index is 11.2. The van der Waals surface area contributed by atoms with E-state index in [0.29, 0.717) is 11.7 Å². The first-order chi connectivity index (χ1) is 16.1. The molecule has 1 aliphatic heterocycles. The molecule has 6 nitrogen and oxygen atoms in total. The average Bonchev–Trinajstić information content (AvgIpc) is 3.42. The molecule has 1 atom stereocenters. The van der Waals surface area contributed by atoms with E-state index in [1.54, 1.807) is 12.1 Å². The molecular weight excluding hydrogens is 454 g/mol. The van der Waals surface area contributed by atoms with Crippen LogP contribution in [0.15, 0.2) is 54.6 Å². The standard InChI is InChI=1S/C25H25N3O3S2/c1-31-22-13-19(25(29)30)11-12-20(22)27-33-28-14-21-23(15-28)32-24(26-21)18-9-7-17(8-10-18)16-5-3-2-4-6-16/h2-6,9,11-13,17,27H,7-8,10,14-15H2,1H3,(H,29,30). The van der Waals surface area contributed by atoms with Crippen molar-refractivity contribution in [3.05, 3.63) is 81.3 Å². The minimum Gasteiger partial charge on any atom is -0.495 e. The van der Waals surface area contributed by atoms with Gasteiger partial charge in [-0.05, 0) is 54.5 Å². The number of hydrogen-bond acceptors (Lipinski definition) is 7. The molecule has 0 bridgehead atoms. The van der Waals surface area contributed by atoms with Crippen LogP contribution in [0.5, 0.6) is 5.75 Å². The van der Waals surface area contributed by atoms with Crippen LogP contribution in [0.4, 0.5) is 5.69 Å². The summed E-state index contributed by atoms with van der Waals surface area (Å²) < 4.78 is 10.8. The van der Waals surface area contributed by atoms with Crippen molar-refractivity contribution < 1.29 is 14.6 Å². The van der Waals surface area contributed by atoms with Gasteiger partial charge in [0.05, 0.1) is 30.6 Å². The number of hydrogen-bond donors (Lipinski definition) is 2. The van der Waals surface area contributed by atoms with Gasteiger partial charge in [-0.1, -0.05) is 36.4 Å². The number of aromatic carboxylic acids is 1. The Hall–Kier alpha value is -2.81. The van der Waals surface area contributed by atoms with Gasteiger partial charge in [-0.25, -0.2) is 14.1 Å². The molecule has 170 valence electrons. The van der Waals surface area contributed by atoms with Gasteiger partial charge >= 0.3 is 5.97 Å². The maximum absolute atomic E-state index is 11.2. The Morgan fingerprint density at radius 1 is 1.24 bits per heavy atom. The normalized spacial score (nSPS) is 18.0. The minimum absolute atomic E-state index is 0.203. The van der Waals surface area contributed by atoms with Crippen molar-refractivity contribution in [2.24, 2.45) is 0 Å². The number of thiazole rings is 1. The van der Waals surface area contributed by atoms with Crippen molar-refractivity contribution >= 4 is 40.7 Å². The molecule has 0 fully saturated rings. The average molecular weight is 480 g/mol. The fourth-order valence-electron chi connectivity index (χ4n) is 4.29. The van der Waals surface area contributed by atoms with E-state index < -0.39 is 5.97 Å². The number of rotatable bonds is 7. The highest BCUT2D eigenvalue weighted by molar-refractivity contribution is 7.98. The molecule has 1 aliphatic carbocycles. The zero-order chi connectivity index (χ0) is 22.8. The highest BCUT2D eigenvalue weighted by atomic mass is 32.2.